The van der Waals surface area contributed by atoms with Gasteiger partial charge in [0.05, 0.1) is 5.29 Å². The van der Waals surface area contributed by atoms with Crippen LogP contribution in [0.2, 0.25) is 0 Å². The van der Waals surface area contributed by atoms with Crippen molar-refractivity contribution in [2.24, 2.45) is 5.29 Å². The minimum Gasteiger partial charge on any atom is -0.244 e. The highest BCUT2D eigenvalue weighted by Crippen LogP contribution is 1.98. The van der Waals surface area contributed by atoms with E-state index in [1.165, 1.54) is 5.01 Å². The molecule has 0 aliphatic heterocycles. The lowest BCUT2D eigenvalue weighted by Gasteiger charge is -2.14. The number of hydrogen-bond donors (Lipinski definition) is 0. The Bertz CT molecular complexity index is 76.4. The van der Waals surface area contributed by atoms with Crippen molar-refractivity contribution in [3.63, 3.8) is 0 Å². The third-order valence-corrected chi connectivity index (χ3v) is 1.07. The summed E-state index contributed by atoms with van der Waals surface area (Å²) < 4.78 is 0. The maximum atomic E-state index is 9.77. The third kappa shape index (κ3) is 2.12. The number of rotatable bonds is 3. The number of nitrogens with zero attached hydrogens (tertiary/aromatic N) is 2. The van der Waals surface area contributed by atoms with Crippen molar-refractivity contribution in [1.82, 2.24) is 5.01 Å². The summed E-state index contributed by atoms with van der Waals surface area (Å²) >= 11 is 5.29. The van der Waals surface area contributed by atoms with Crippen LogP contribution in [0.3, 0.4) is 0 Å². The molecule has 0 spiro atoms. The van der Waals surface area contributed by atoms with Crippen molar-refractivity contribution >= 4 is 11.6 Å². The van der Waals surface area contributed by atoms with Crippen LogP contribution >= 0.6 is 11.6 Å². The first-order valence-corrected chi connectivity index (χ1v) is 2.91. The van der Waals surface area contributed by atoms with Gasteiger partial charge >= 0.3 is 0 Å². The summed E-state index contributed by atoms with van der Waals surface area (Å²) in [5.74, 6) is 0. The molecule has 48 valence electrons. The van der Waals surface area contributed by atoms with Crippen molar-refractivity contribution in [2.45, 2.75) is 19.9 Å². The van der Waals surface area contributed by atoms with Crippen LogP contribution in [-0.4, -0.2) is 17.1 Å². The van der Waals surface area contributed by atoms with Gasteiger partial charge in [-0.1, -0.05) is 0 Å². The van der Waals surface area contributed by atoms with E-state index < -0.39 is 0 Å². The van der Waals surface area contributed by atoms with Crippen molar-refractivity contribution in [1.29, 1.82) is 0 Å². The molecule has 0 aromatic heterocycles. The third-order valence-electron chi connectivity index (χ3n) is 0.823. The lowest BCUT2D eigenvalue weighted by Crippen LogP contribution is -2.22. The van der Waals surface area contributed by atoms with Gasteiger partial charge < -0.3 is 0 Å². The molecule has 0 aromatic carbocycles. The molecule has 0 saturated heterocycles. The second kappa shape index (κ2) is 3.66. The van der Waals surface area contributed by atoms with Crippen LogP contribution < -0.4 is 0 Å². The molecule has 3 nitrogen and oxygen atoms in total. The van der Waals surface area contributed by atoms with E-state index in [-0.39, 0.29) is 12.0 Å². The number of nitroso groups, excluding NO2 is 1. The van der Waals surface area contributed by atoms with Gasteiger partial charge in [-0.3, -0.25) is 0 Å². The van der Waals surface area contributed by atoms with E-state index in [1.54, 1.807) is 0 Å². The molecule has 0 N–H and O–H groups in total. The molecule has 0 rings (SSSR count). The van der Waals surface area contributed by atoms with Gasteiger partial charge in [0.2, 0.25) is 0 Å². The van der Waals surface area contributed by atoms with E-state index in [9.17, 15) is 4.91 Å². The molecule has 0 aliphatic rings. The highest BCUT2D eigenvalue weighted by atomic mass is 35.5. The first-order valence-electron chi connectivity index (χ1n) is 2.38. The van der Waals surface area contributed by atoms with Crippen LogP contribution in [0.15, 0.2) is 5.29 Å². The predicted octanol–water partition coefficient (Wildman–Crippen LogP) is 1.57. The van der Waals surface area contributed by atoms with Crippen LogP contribution in [-0.2, 0) is 0 Å². The molecule has 0 amide bonds. The minimum atomic E-state index is 0.102. The standard InChI is InChI=1S/C4H9ClN2O/c1-4(2)7(3-5)6-8/h4H,3H2,1-2H3. The molecule has 0 saturated carbocycles. The molecule has 8 heavy (non-hydrogen) atoms. The molecular formula is C4H9ClN2O. The van der Waals surface area contributed by atoms with Crippen molar-refractivity contribution in [2.75, 3.05) is 6.00 Å². The van der Waals surface area contributed by atoms with E-state index >= 15 is 0 Å². The maximum absolute atomic E-state index is 9.77. The summed E-state index contributed by atoms with van der Waals surface area (Å²) in [6.07, 6.45) is 0. The molecule has 0 aromatic rings. The van der Waals surface area contributed by atoms with Crippen LogP contribution in [0.25, 0.3) is 0 Å². The molecule has 0 bridgehead atoms. The van der Waals surface area contributed by atoms with Crippen LogP contribution in [0.4, 0.5) is 0 Å². The fourth-order valence-electron chi connectivity index (χ4n) is 0.254. The summed E-state index contributed by atoms with van der Waals surface area (Å²) in [6, 6.07) is 0.270. The highest BCUT2D eigenvalue weighted by molar-refractivity contribution is 6.17. The Balaban J connectivity index is 3.51. The summed E-state index contributed by atoms with van der Waals surface area (Å²) in [5.41, 5.74) is 0. The smallest absolute Gasteiger partial charge is 0.113 e. The second-order valence-electron chi connectivity index (χ2n) is 1.73. The van der Waals surface area contributed by atoms with Gasteiger partial charge in [-0.15, -0.1) is 16.5 Å². The molecule has 0 aliphatic carbocycles. The van der Waals surface area contributed by atoms with Crippen LogP contribution in [0.1, 0.15) is 13.8 Å². The average Bonchev–Trinajstić information content (AvgIpc) is 1.69. The van der Waals surface area contributed by atoms with Crippen molar-refractivity contribution in [3.8, 4) is 0 Å². The highest BCUT2D eigenvalue weighted by Gasteiger charge is 2.03. The number of alkyl halides is 1. The Morgan fingerprint density at radius 3 is 2.25 bits per heavy atom. The average molecular weight is 137 g/mol. The zero-order valence-electron chi connectivity index (χ0n) is 4.97. The Morgan fingerprint density at radius 2 is 2.25 bits per heavy atom. The van der Waals surface area contributed by atoms with Gasteiger partial charge in [0.15, 0.2) is 0 Å². The lowest BCUT2D eigenvalue weighted by atomic mass is 10.4. The monoisotopic (exact) mass is 136 g/mol. The Morgan fingerprint density at radius 1 is 1.75 bits per heavy atom. The van der Waals surface area contributed by atoms with Gasteiger partial charge in [-0.05, 0) is 13.8 Å². The minimum absolute atomic E-state index is 0.102. The van der Waals surface area contributed by atoms with E-state index in [0.717, 1.165) is 0 Å². The first kappa shape index (κ1) is 7.69. The van der Waals surface area contributed by atoms with Crippen molar-refractivity contribution < 1.29 is 0 Å². The summed E-state index contributed by atoms with van der Waals surface area (Å²) in [5, 5.41) is 3.91. The van der Waals surface area contributed by atoms with E-state index in [2.05, 4.69) is 5.29 Å². The molecule has 0 unspecified atom stereocenters. The normalized spacial score (nSPS) is 9.50. The Hall–Kier alpha value is -0.310. The molecule has 0 heterocycles. The number of halogens is 1. The maximum Gasteiger partial charge on any atom is 0.113 e. The summed E-state index contributed by atoms with van der Waals surface area (Å²) in [6.45, 7) is 3.70. The van der Waals surface area contributed by atoms with Gasteiger partial charge in [-0.25, -0.2) is 5.01 Å². The van der Waals surface area contributed by atoms with Gasteiger partial charge in [-0.2, -0.15) is 0 Å². The van der Waals surface area contributed by atoms with Crippen LogP contribution in [0.5, 0.6) is 0 Å². The molecule has 0 radical (unpaired) electrons. The Kier molecular flexibility index (Phi) is 3.52. The first-order chi connectivity index (χ1) is 3.72. The second-order valence-corrected chi connectivity index (χ2v) is 1.97. The summed E-state index contributed by atoms with van der Waals surface area (Å²) in [4.78, 5) is 9.77. The van der Waals surface area contributed by atoms with E-state index in [0.29, 0.717) is 0 Å². The van der Waals surface area contributed by atoms with E-state index in [4.69, 9.17) is 11.6 Å². The van der Waals surface area contributed by atoms with Crippen molar-refractivity contribution in [3.05, 3.63) is 4.91 Å². The number of hydrogen-bond acceptors (Lipinski definition) is 2. The Labute approximate surface area is 53.6 Å². The lowest BCUT2D eigenvalue weighted by molar-refractivity contribution is 0.269. The van der Waals surface area contributed by atoms with E-state index in [1.807, 2.05) is 13.8 Å². The van der Waals surface area contributed by atoms with Gasteiger partial charge in [0, 0.05) is 6.04 Å². The van der Waals surface area contributed by atoms with Crippen LogP contribution in [0, 0.1) is 4.91 Å². The van der Waals surface area contributed by atoms with Gasteiger partial charge in [0.1, 0.15) is 6.00 Å². The quantitative estimate of drug-likeness (QED) is 0.255. The topological polar surface area (TPSA) is 32.7 Å². The predicted molar refractivity (Wildman–Crippen MR) is 33.5 cm³/mol. The summed E-state index contributed by atoms with van der Waals surface area (Å²) in [7, 11) is 0. The molecule has 0 atom stereocenters. The zero-order valence-corrected chi connectivity index (χ0v) is 5.72. The van der Waals surface area contributed by atoms with Gasteiger partial charge in [0.25, 0.3) is 0 Å². The SMILES string of the molecule is CC(C)N(CCl)N=O. The fraction of sp³-hybridized carbons (Fsp3) is 1.00. The fourth-order valence-corrected chi connectivity index (χ4v) is 0.574. The molecule has 4 heteroatoms. The molecular weight excluding hydrogens is 128 g/mol. The largest absolute Gasteiger partial charge is 0.244 e. The molecule has 0 fully saturated rings. The zero-order chi connectivity index (χ0) is 6.57.